The van der Waals surface area contributed by atoms with Crippen LogP contribution in [0.1, 0.15) is 0 Å². The van der Waals surface area contributed by atoms with Crippen molar-refractivity contribution in [1.82, 2.24) is 4.90 Å². The van der Waals surface area contributed by atoms with Crippen molar-refractivity contribution < 1.29 is 4.74 Å². The van der Waals surface area contributed by atoms with Gasteiger partial charge in [0.05, 0.1) is 19.3 Å². The molecule has 2 rings (SSSR count). The van der Waals surface area contributed by atoms with Crippen LogP contribution >= 0.6 is 0 Å². The molecule has 4 nitrogen and oxygen atoms in total. The third kappa shape index (κ3) is 2.93. The second-order valence-corrected chi connectivity index (χ2v) is 4.38. The molecule has 0 unspecified atom stereocenters. The summed E-state index contributed by atoms with van der Waals surface area (Å²) in [5.74, 6) is 0.937. The molecule has 0 N–H and O–H groups in total. The lowest BCUT2D eigenvalue weighted by Gasteiger charge is -2.35. The Morgan fingerprint density at radius 1 is 1.22 bits per heavy atom. The minimum absolute atomic E-state index is 0.606. The summed E-state index contributed by atoms with van der Waals surface area (Å²) in [6.45, 7) is 12.4. The molecule has 1 fully saturated rings. The normalized spacial score (nSPS) is 16.3. The Morgan fingerprint density at radius 2 is 1.94 bits per heavy atom. The Balaban J connectivity index is 1.95. The summed E-state index contributed by atoms with van der Waals surface area (Å²) in [5.41, 5.74) is 1.17. The molecule has 1 aliphatic heterocycles. The molecule has 0 bridgehead atoms. The van der Waals surface area contributed by atoms with Crippen LogP contribution in [0.25, 0.3) is 4.85 Å². The van der Waals surface area contributed by atoms with Crippen molar-refractivity contribution >= 4 is 5.69 Å². The minimum atomic E-state index is 0.606. The van der Waals surface area contributed by atoms with E-state index in [-0.39, 0.29) is 0 Å². The first-order valence-corrected chi connectivity index (χ1v) is 6.28. The molecule has 1 heterocycles. The molecule has 1 aromatic rings. The highest BCUT2D eigenvalue weighted by Crippen LogP contribution is 2.28. The molecule has 0 radical (unpaired) electrons. The molecule has 4 heteroatoms. The van der Waals surface area contributed by atoms with E-state index < -0.39 is 0 Å². The van der Waals surface area contributed by atoms with Gasteiger partial charge in [-0.25, -0.2) is 6.57 Å². The van der Waals surface area contributed by atoms with Gasteiger partial charge in [-0.3, -0.25) is 4.90 Å². The van der Waals surface area contributed by atoms with Crippen LogP contribution in [0.15, 0.2) is 24.3 Å². The lowest BCUT2D eigenvalue weighted by Crippen LogP contribution is -2.47. The Labute approximate surface area is 109 Å². The standard InChI is InChI=1S/C14H19N3O/c1-15-7-8-16-9-11-17(12-10-16)13-5-3-4-6-14(13)18-2/h3-6H,7-12H2,2H3. The monoisotopic (exact) mass is 245 g/mol. The fourth-order valence-corrected chi connectivity index (χ4v) is 2.29. The smallest absolute Gasteiger partial charge is 0.227 e. The van der Waals surface area contributed by atoms with Crippen molar-refractivity contribution in [2.24, 2.45) is 0 Å². The average molecular weight is 245 g/mol. The molecule has 0 amide bonds. The van der Waals surface area contributed by atoms with Crippen LogP contribution in [0.4, 0.5) is 5.69 Å². The van der Waals surface area contributed by atoms with E-state index in [9.17, 15) is 0 Å². The van der Waals surface area contributed by atoms with Crippen molar-refractivity contribution in [3.05, 3.63) is 35.7 Å². The second kappa shape index (κ2) is 6.27. The fourth-order valence-electron chi connectivity index (χ4n) is 2.29. The van der Waals surface area contributed by atoms with Crippen molar-refractivity contribution in [3.8, 4) is 5.75 Å². The summed E-state index contributed by atoms with van der Waals surface area (Å²) >= 11 is 0. The number of benzene rings is 1. The fraction of sp³-hybridized carbons (Fsp3) is 0.500. The van der Waals surface area contributed by atoms with Crippen LogP contribution in [0.2, 0.25) is 0 Å². The molecule has 18 heavy (non-hydrogen) atoms. The maximum Gasteiger partial charge on any atom is 0.227 e. The van der Waals surface area contributed by atoms with Gasteiger partial charge >= 0.3 is 0 Å². The van der Waals surface area contributed by atoms with E-state index in [0.29, 0.717) is 6.54 Å². The quantitative estimate of drug-likeness (QED) is 0.754. The van der Waals surface area contributed by atoms with Crippen molar-refractivity contribution in [2.45, 2.75) is 0 Å². The molecule has 0 aromatic heterocycles. The number of para-hydroxylation sites is 2. The SMILES string of the molecule is [C-]#[N+]CCN1CCN(c2ccccc2OC)CC1. The highest BCUT2D eigenvalue weighted by Gasteiger charge is 2.19. The number of methoxy groups -OCH3 is 1. The molecular formula is C14H19N3O. The van der Waals surface area contributed by atoms with Gasteiger partial charge < -0.3 is 14.5 Å². The van der Waals surface area contributed by atoms with E-state index in [2.05, 4.69) is 20.7 Å². The van der Waals surface area contributed by atoms with E-state index in [0.717, 1.165) is 38.5 Å². The van der Waals surface area contributed by atoms with Gasteiger partial charge in [-0.15, -0.1) is 0 Å². The summed E-state index contributed by atoms with van der Waals surface area (Å²) in [6.07, 6.45) is 0. The number of ether oxygens (including phenoxy) is 1. The predicted octanol–water partition coefficient (Wildman–Crippen LogP) is 1.74. The Hall–Kier alpha value is -1.73. The number of rotatable bonds is 4. The van der Waals surface area contributed by atoms with Gasteiger partial charge in [0, 0.05) is 26.2 Å². The Kier molecular flexibility index (Phi) is 4.43. The Bertz CT molecular complexity index is 419. The summed E-state index contributed by atoms with van der Waals surface area (Å²) in [4.78, 5) is 8.11. The highest BCUT2D eigenvalue weighted by molar-refractivity contribution is 5.58. The van der Waals surface area contributed by atoms with E-state index >= 15 is 0 Å². The summed E-state index contributed by atoms with van der Waals surface area (Å²) in [5, 5.41) is 0. The Morgan fingerprint density at radius 3 is 2.61 bits per heavy atom. The zero-order valence-corrected chi connectivity index (χ0v) is 10.8. The van der Waals surface area contributed by atoms with E-state index in [1.54, 1.807) is 7.11 Å². The second-order valence-electron chi connectivity index (χ2n) is 4.38. The molecule has 1 aliphatic rings. The summed E-state index contributed by atoms with van der Waals surface area (Å²) in [6, 6.07) is 8.14. The molecule has 96 valence electrons. The molecule has 0 aliphatic carbocycles. The van der Waals surface area contributed by atoms with Crippen LogP contribution in [0.3, 0.4) is 0 Å². The van der Waals surface area contributed by atoms with E-state index in [4.69, 9.17) is 11.3 Å². The first-order valence-electron chi connectivity index (χ1n) is 6.28. The van der Waals surface area contributed by atoms with Crippen LogP contribution < -0.4 is 9.64 Å². The summed E-state index contributed by atoms with van der Waals surface area (Å²) < 4.78 is 5.40. The maximum atomic E-state index is 6.82. The molecule has 0 atom stereocenters. The lowest BCUT2D eigenvalue weighted by atomic mass is 10.2. The van der Waals surface area contributed by atoms with E-state index in [1.807, 2.05) is 18.2 Å². The first-order chi connectivity index (χ1) is 8.85. The van der Waals surface area contributed by atoms with Gasteiger partial charge in [-0.1, -0.05) is 12.1 Å². The first kappa shape index (κ1) is 12.7. The van der Waals surface area contributed by atoms with Gasteiger partial charge in [-0.05, 0) is 12.1 Å². The minimum Gasteiger partial charge on any atom is -0.495 e. The zero-order valence-electron chi connectivity index (χ0n) is 10.8. The molecule has 1 saturated heterocycles. The van der Waals surface area contributed by atoms with Crippen molar-refractivity contribution in [3.63, 3.8) is 0 Å². The zero-order chi connectivity index (χ0) is 12.8. The number of piperazine rings is 1. The van der Waals surface area contributed by atoms with Crippen LogP contribution in [0.5, 0.6) is 5.75 Å². The number of anilines is 1. The van der Waals surface area contributed by atoms with Gasteiger partial charge in [0.15, 0.2) is 0 Å². The molecule has 0 saturated carbocycles. The molecular weight excluding hydrogens is 226 g/mol. The maximum absolute atomic E-state index is 6.82. The number of hydrogen-bond donors (Lipinski definition) is 0. The van der Waals surface area contributed by atoms with Crippen LogP contribution in [-0.4, -0.2) is 51.3 Å². The topological polar surface area (TPSA) is 20.1 Å². The third-order valence-corrected chi connectivity index (χ3v) is 3.33. The van der Waals surface area contributed by atoms with Gasteiger partial charge in [0.1, 0.15) is 5.75 Å². The lowest BCUT2D eigenvalue weighted by molar-refractivity contribution is 0.268. The van der Waals surface area contributed by atoms with Crippen LogP contribution in [-0.2, 0) is 0 Å². The van der Waals surface area contributed by atoms with Crippen molar-refractivity contribution in [1.29, 1.82) is 0 Å². The predicted molar refractivity (Wildman–Crippen MR) is 73.1 cm³/mol. The van der Waals surface area contributed by atoms with Gasteiger partial charge in [0.2, 0.25) is 6.54 Å². The molecule has 1 aromatic carbocycles. The van der Waals surface area contributed by atoms with Crippen molar-refractivity contribution in [2.75, 3.05) is 51.3 Å². The molecule has 0 spiro atoms. The summed E-state index contributed by atoms with van der Waals surface area (Å²) in [7, 11) is 1.71. The number of nitrogens with zero attached hydrogens (tertiary/aromatic N) is 3. The largest absolute Gasteiger partial charge is 0.495 e. The van der Waals surface area contributed by atoms with Gasteiger partial charge in [0.25, 0.3) is 0 Å². The highest BCUT2D eigenvalue weighted by atomic mass is 16.5. The average Bonchev–Trinajstić information content (AvgIpc) is 2.45. The van der Waals surface area contributed by atoms with Gasteiger partial charge in [-0.2, -0.15) is 0 Å². The van der Waals surface area contributed by atoms with Crippen LogP contribution in [0, 0.1) is 6.57 Å². The third-order valence-electron chi connectivity index (χ3n) is 3.33. The number of hydrogen-bond acceptors (Lipinski definition) is 3. The van der Waals surface area contributed by atoms with E-state index in [1.165, 1.54) is 5.69 Å².